The standard InChI is InChI=1S/C12H10O3/c13-11(9-5-2-1-3-6-9)10-7-4-8-15-12(10)14/h1-8,11,13H. The third-order valence-electron chi connectivity index (χ3n) is 2.18. The maximum Gasteiger partial charge on any atom is 0.341 e. The molecule has 0 saturated heterocycles. The molecule has 15 heavy (non-hydrogen) atoms. The van der Waals surface area contributed by atoms with Crippen LogP contribution in [0.5, 0.6) is 0 Å². The van der Waals surface area contributed by atoms with E-state index in [1.807, 2.05) is 18.2 Å². The van der Waals surface area contributed by atoms with Crippen molar-refractivity contribution in [3.63, 3.8) is 0 Å². The van der Waals surface area contributed by atoms with Crippen molar-refractivity contribution in [1.82, 2.24) is 0 Å². The first-order valence-corrected chi connectivity index (χ1v) is 4.60. The average Bonchev–Trinajstić information content (AvgIpc) is 2.30. The summed E-state index contributed by atoms with van der Waals surface area (Å²) in [5.41, 5.74) is 0.425. The number of aliphatic hydroxyl groups excluding tert-OH is 1. The summed E-state index contributed by atoms with van der Waals surface area (Å²) in [6.45, 7) is 0. The van der Waals surface area contributed by atoms with Gasteiger partial charge in [-0.05, 0) is 17.7 Å². The van der Waals surface area contributed by atoms with E-state index < -0.39 is 11.7 Å². The Morgan fingerprint density at radius 3 is 2.47 bits per heavy atom. The second-order valence-corrected chi connectivity index (χ2v) is 3.17. The smallest absolute Gasteiger partial charge is 0.341 e. The van der Waals surface area contributed by atoms with Crippen molar-refractivity contribution in [3.8, 4) is 0 Å². The van der Waals surface area contributed by atoms with Gasteiger partial charge in [-0.25, -0.2) is 4.79 Å². The highest BCUT2D eigenvalue weighted by atomic mass is 16.4. The Morgan fingerprint density at radius 2 is 1.80 bits per heavy atom. The summed E-state index contributed by atoms with van der Waals surface area (Å²) in [5.74, 6) is 0. The van der Waals surface area contributed by atoms with Gasteiger partial charge in [-0.15, -0.1) is 0 Å². The van der Waals surface area contributed by atoms with Crippen LogP contribution in [0.3, 0.4) is 0 Å². The van der Waals surface area contributed by atoms with Crippen LogP contribution in [-0.2, 0) is 0 Å². The zero-order chi connectivity index (χ0) is 10.7. The summed E-state index contributed by atoms with van der Waals surface area (Å²) in [5, 5.41) is 9.91. The second-order valence-electron chi connectivity index (χ2n) is 3.17. The van der Waals surface area contributed by atoms with Crippen molar-refractivity contribution in [2.24, 2.45) is 0 Å². The highest BCUT2D eigenvalue weighted by Crippen LogP contribution is 2.17. The third kappa shape index (κ3) is 1.97. The number of hydrogen-bond acceptors (Lipinski definition) is 3. The van der Waals surface area contributed by atoms with Crippen molar-refractivity contribution >= 4 is 0 Å². The van der Waals surface area contributed by atoms with Crippen LogP contribution in [0.25, 0.3) is 0 Å². The molecule has 0 bridgehead atoms. The van der Waals surface area contributed by atoms with Crippen LogP contribution < -0.4 is 5.63 Å². The number of benzene rings is 1. The van der Waals surface area contributed by atoms with Gasteiger partial charge in [0.2, 0.25) is 0 Å². The van der Waals surface area contributed by atoms with E-state index in [0.717, 1.165) is 0 Å². The molecule has 3 heteroatoms. The lowest BCUT2D eigenvalue weighted by molar-refractivity contribution is 0.214. The topological polar surface area (TPSA) is 50.4 Å². The molecular formula is C12H10O3. The van der Waals surface area contributed by atoms with Crippen molar-refractivity contribution in [2.75, 3.05) is 0 Å². The van der Waals surface area contributed by atoms with Crippen molar-refractivity contribution in [1.29, 1.82) is 0 Å². The van der Waals surface area contributed by atoms with Gasteiger partial charge in [-0.2, -0.15) is 0 Å². The Morgan fingerprint density at radius 1 is 1.07 bits per heavy atom. The predicted octanol–water partition coefficient (Wildman–Crippen LogP) is 1.72. The van der Waals surface area contributed by atoms with Gasteiger partial charge < -0.3 is 9.52 Å². The molecule has 76 valence electrons. The van der Waals surface area contributed by atoms with E-state index in [1.165, 1.54) is 6.26 Å². The summed E-state index contributed by atoms with van der Waals surface area (Å²) in [6, 6.07) is 12.1. The zero-order valence-electron chi connectivity index (χ0n) is 7.96. The minimum absolute atomic E-state index is 0.253. The first kappa shape index (κ1) is 9.68. The molecule has 0 spiro atoms. The van der Waals surface area contributed by atoms with Gasteiger partial charge in [0.15, 0.2) is 0 Å². The minimum Gasteiger partial charge on any atom is -0.431 e. The molecule has 1 aromatic heterocycles. The van der Waals surface area contributed by atoms with Gasteiger partial charge in [0, 0.05) is 0 Å². The Labute approximate surface area is 86.6 Å². The molecule has 0 aliphatic heterocycles. The van der Waals surface area contributed by atoms with Crippen LogP contribution in [0.1, 0.15) is 17.2 Å². The van der Waals surface area contributed by atoms with E-state index in [-0.39, 0.29) is 5.56 Å². The van der Waals surface area contributed by atoms with Crippen LogP contribution in [-0.4, -0.2) is 5.11 Å². The molecule has 1 heterocycles. The highest BCUT2D eigenvalue weighted by Gasteiger charge is 2.13. The van der Waals surface area contributed by atoms with Crippen LogP contribution in [0.15, 0.2) is 57.9 Å². The van der Waals surface area contributed by atoms with Crippen molar-refractivity contribution < 1.29 is 9.52 Å². The molecule has 3 nitrogen and oxygen atoms in total. The fraction of sp³-hybridized carbons (Fsp3) is 0.0833. The quantitative estimate of drug-likeness (QED) is 0.806. The lowest BCUT2D eigenvalue weighted by Gasteiger charge is -2.08. The molecule has 1 atom stereocenters. The molecule has 1 N–H and O–H groups in total. The lowest BCUT2D eigenvalue weighted by Crippen LogP contribution is -2.12. The highest BCUT2D eigenvalue weighted by molar-refractivity contribution is 5.26. The molecule has 0 saturated carbocycles. The summed E-state index contributed by atoms with van der Waals surface area (Å²) in [6.07, 6.45) is 0.368. The molecule has 0 fully saturated rings. The van der Waals surface area contributed by atoms with E-state index >= 15 is 0 Å². The Balaban J connectivity index is 2.42. The number of rotatable bonds is 2. The summed E-state index contributed by atoms with van der Waals surface area (Å²) in [7, 11) is 0. The molecule has 1 aromatic carbocycles. The Kier molecular flexibility index (Phi) is 2.65. The van der Waals surface area contributed by atoms with Gasteiger partial charge >= 0.3 is 5.63 Å². The van der Waals surface area contributed by atoms with Gasteiger partial charge in [-0.3, -0.25) is 0 Å². The van der Waals surface area contributed by atoms with E-state index in [1.54, 1.807) is 24.3 Å². The van der Waals surface area contributed by atoms with Gasteiger partial charge in [-0.1, -0.05) is 30.3 Å². The molecule has 0 aliphatic rings. The van der Waals surface area contributed by atoms with Gasteiger partial charge in [0.25, 0.3) is 0 Å². The summed E-state index contributed by atoms with van der Waals surface area (Å²) in [4.78, 5) is 11.3. The van der Waals surface area contributed by atoms with E-state index in [2.05, 4.69) is 4.42 Å². The SMILES string of the molecule is O=c1occcc1C(O)c1ccccc1. The van der Waals surface area contributed by atoms with E-state index in [9.17, 15) is 9.90 Å². The molecule has 2 aromatic rings. The van der Waals surface area contributed by atoms with E-state index in [0.29, 0.717) is 5.56 Å². The Hall–Kier alpha value is -1.87. The average molecular weight is 202 g/mol. The molecule has 1 unspecified atom stereocenters. The molecular weight excluding hydrogens is 192 g/mol. The van der Waals surface area contributed by atoms with E-state index in [4.69, 9.17) is 0 Å². The monoisotopic (exact) mass is 202 g/mol. The second kappa shape index (κ2) is 4.11. The first-order valence-electron chi connectivity index (χ1n) is 4.60. The van der Waals surface area contributed by atoms with Crippen LogP contribution >= 0.6 is 0 Å². The molecule has 0 amide bonds. The number of hydrogen-bond donors (Lipinski definition) is 1. The predicted molar refractivity (Wildman–Crippen MR) is 55.5 cm³/mol. The first-order chi connectivity index (χ1) is 7.29. The third-order valence-corrected chi connectivity index (χ3v) is 2.18. The minimum atomic E-state index is -0.927. The zero-order valence-corrected chi connectivity index (χ0v) is 7.96. The van der Waals surface area contributed by atoms with Crippen LogP contribution in [0, 0.1) is 0 Å². The maximum atomic E-state index is 11.3. The fourth-order valence-corrected chi connectivity index (χ4v) is 1.40. The van der Waals surface area contributed by atoms with Crippen LogP contribution in [0.2, 0.25) is 0 Å². The molecule has 2 rings (SSSR count). The molecule has 0 radical (unpaired) electrons. The lowest BCUT2D eigenvalue weighted by atomic mass is 10.0. The van der Waals surface area contributed by atoms with Gasteiger partial charge in [0.1, 0.15) is 6.10 Å². The summed E-state index contributed by atoms with van der Waals surface area (Å²) < 4.78 is 4.69. The number of aliphatic hydroxyl groups is 1. The largest absolute Gasteiger partial charge is 0.431 e. The van der Waals surface area contributed by atoms with Gasteiger partial charge in [0.05, 0.1) is 11.8 Å². The van der Waals surface area contributed by atoms with Crippen LogP contribution in [0.4, 0.5) is 0 Å². The molecule has 0 aliphatic carbocycles. The van der Waals surface area contributed by atoms with Crippen molar-refractivity contribution in [2.45, 2.75) is 6.10 Å². The summed E-state index contributed by atoms with van der Waals surface area (Å²) >= 11 is 0. The Bertz CT molecular complexity index is 487. The maximum absolute atomic E-state index is 11.3. The fourth-order valence-electron chi connectivity index (χ4n) is 1.40. The normalized spacial score (nSPS) is 12.3. The van der Waals surface area contributed by atoms with Crippen molar-refractivity contribution in [3.05, 3.63) is 70.3 Å².